The van der Waals surface area contributed by atoms with Crippen molar-refractivity contribution in [3.8, 4) is 0 Å². The zero-order valence-electron chi connectivity index (χ0n) is 11.2. The van der Waals surface area contributed by atoms with Gasteiger partial charge in [0, 0.05) is 18.0 Å². The van der Waals surface area contributed by atoms with Crippen molar-refractivity contribution >= 4 is 17.7 Å². The van der Waals surface area contributed by atoms with Crippen molar-refractivity contribution < 1.29 is 13.6 Å². The summed E-state index contributed by atoms with van der Waals surface area (Å²) >= 11 is 1.19. The number of hydrogen-bond donors (Lipinski definition) is 1. The quantitative estimate of drug-likeness (QED) is 0.830. The molecule has 1 aromatic heterocycles. The van der Waals surface area contributed by atoms with Crippen LogP contribution in [0.25, 0.3) is 0 Å². The van der Waals surface area contributed by atoms with E-state index in [4.69, 9.17) is 4.42 Å². The molecule has 1 aliphatic carbocycles. The summed E-state index contributed by atoms with van der Waals surface area (Å²) in [4.78, 5) is 11.7. The second-order valence-electron chi connectivity index (χ2n) is 4.84. The van der Waals surface area contributed by atoms with Crippen LogP contribution in [-0.4, -0.2) is 21.9 Å². The van der Waals surface area contributed by atoms with Gasteiger partial charge in [0.05, 0.1) is 5.75 Å². The number of carbonyl (C=O) groups excluding carboxylic acids is 1. The van der Waals surface area contributed by atoms with E-state index < -0.39 is 0 Å². The van der Waals surface area contributed by atoms with Gasteiger partial charge in [0.2, 0.25) is 11.8 Å². The van der Waals surface area contributed by atoms with E-state index in [-0.39, 0.29) is 24.0 Å². The first-order valence-electron chi connectivity index (χ1n) is 6.68. The Morgan fingerprint density at radius 1 is 1.38 bits per heavy atom. The normalized spacial score (nSPS) is 14.1. The molecule has 21 heavy (non-hydrogen) atoms. The van der Waals surface area contributed by atoms with Gasteiger partial charge in [0.1, 0.15) is 5.82 Å². The molecule has 0 atom stereocenters. The number of aromatic nitrogens is 2. The van der Waals surface area contributed by atoms with Crippen molar-refractivity contribution in [1.29, 1.82) is 0 Å². The fourth-order valence-corrected chi connectivity index (χ4v) is 2.39. The number of benzene rings is 1. The monoisotopic (exact) mass is 307 g/mol. The summed E-state index contributed by atoms with van der Waals surface area (Å²) in [6.07, 6.45) is 2.19. The van der Waals surface area contributed by atoms with E-state index in [0.29, 0.717) is 22.6 Å². The lowest BCUT2D eigenvalue weighted by atomic mass is 10.2. The van der Waals surface area contributed by atoms with E-state index >= 15 is 0 Å². The average molecular weight is 307 g/mol. The predicted molar refractivity (Wildman–Crippen MR) is 75.2 cm³/mol. The van der Waals surface area contributed by atoms with Gasteiger partial charge in [-0.15, -0.1) is 10.2 Å². The highest BCUT2D eigenvalue weighted by Gasteiger charge is 2.29. The highest BCUT2D eigenvalue weighted by Crippen LogP contribution is 2.39. The van der Waals surface area contributed by atoms with E-state index in [9.17, 15) is 9.18 Å². The zero-order chi connectivity index (χ0) is 14.7. The van der Waals surface area contributed by atoms with Crippen molar-refractivity contribution in [2.75, 3.05) is 5.75 Å². The molecule has 1 heterocycles. The summed E-state index contributed by atoms with van der Waals surface area (Å²) < 4.78 is 18.8. The molecule has 1 fully saturated rings. The molecule has 3 rings (SSSR count). The number of thioether (sulfide) groups is 1. The minimum absolute atomic E-state index is 0.167. The van der Waals surface area contributed by atoms with Crippen LogP contribution in [0.1, 0.15) is 30.2 Å². The molecule has 5 nitrogen and oxygen atoms in total. The molecule has 1 amide bonds. The third kappa shape index (κ3) is 3.81. The molecule has 2 aromatic rings. The van der Waals surface area contributed by atoms with Crippen LogP contribution in [0.5, 0.6) is 0 Å². The third-order valence-electron chi connectivity index (χ3n) is 3.11. The van der Waals surface area contributed by atoms with Crippen LogP contribution in [0.15, 0.2) is 33.9 Å². The third-order valence-corrected chi connectivity index (χ3v) is 3.93. The number of nitrogens with one attached hydrogen (secondary N) is 1. The minimum Gasteiger partial charge on any atom is -0.416 e. The van der Waals surface area contributed by atoms with E-state index in [2.05, 4.69) is 15.5 Å². The second kappa shape index (κ2) is 6.26. The number of nitrogens with zero attached hydrogens (tertiary/aromatic N) is 2. The summed E-state index contributed by atoms with van der Waals surface area (Å²) in [5.74, 6) is 0.706. The Bertz CT molecular complexity index is 643. The smallest absolute Gasteiger partial charge is 0.277 e. The minimum atomic E-state index is -0.323. The molecule has 7 heteroatoms. The maximum atomic E-state index is 13.4. The Morgan fingerprint density at radius 2 is 2.19 bits per heavy atom. The molecular formula is C14H14FN3O2S. The lowest BCUT2D eigenvalue weighted by molar-refractivity contribution is -0.118. The Morgan fingerprint density at radius 3 is 2.95 bits per heavy atom. The molecule has 0 spiro atoms. The van der Waals surface area contributed by atoms with Crippen LogP contribution in [0.4, 0.5) is 4.39 Å². The zero-order valence-corrected chi connectivity index (χ0v) is 12.0. The van der Waals surface area contributed by atoms with Crippen LogP contribution in [0, 0.1) is 5.82 Å². The molecule has 0 bridgehead atoms. The van der Waals surface area contributed by atoms with Crippen molar-refractivity contribution in [2.24, 2.45) is 0 Å². The van der Waals surface area contributed by atoms with Gasteiger partial charge >= 0.3 is 0 Å². The summed E-state index contributed by atoms with van der Waals surface area (Å²) in [5, 5.41) is 10.9. The van der Waals surface area contributed by atoms with Gasteiger partial charge in [-0.2, -0.15) is 0 Å². The molecule has 1 aromatic carbocycles. The van der Waals surface area contributed by atoms with Crippen molar-refractivity contribution in [3.05, 3.63) is 41.5 Å². The maximum absolute atomic E-state index is 13.4. The van der Waals surface area contributed by atoms with Crippen LogP contribution in [0.2, 0.25) is 0 Å². The van der Waals surface area contributed by atoms with E-state index in [1.54, 1.807) is 18.2 Å². The number of rotatable bonds is 6. The van der Waals surface area contributed by atoms with Crippen molar-refractivity contribution in [1.82, 2.24) is 15.5 Å². The van der Waals surface area contributed by atoms with Gasteiger partial charge in [-0.05, 0) is 18.9 Å². The molecule has 1 saturated carbocycles. The fourth-order valence-electron chi connectivity index (χ4n) is 1.79. The number of carbonyl (C=O) groups is 1. The highest BCUT2D eigenvalue weighted by molar-refractivity contribution is 7.99. The molecule has 0 aliphatic heterocycles. The van der Waals surface area contributed by atoms with E-state index in [0.717, 1.165) is 12.8 Å². The van der Waals surface area contributed by atoms with E-state index in [1.165, 1.54) is 17.8 Å². The van der Waals surface area contributed by atoms with Gasteiger partial charge in [0.25, 0.3) is 5.22 Å². The number of hydrogen-bond acceptors (Lipinski definition) is 5. The van der Waals surface area contributed by atoms with Gasteiger partial charge in [-0.3, -0.25) is 4.79 Å². The fraction of sp³-hybridized carbons (Fsp3) is 0.357. The Kier molecular flexibility index (Phi) is 4.19. The topological polar surface area (TPSA) is 68.0 Å². The Labute approximate surface area is 125 Å². The summed E-state index contributed by atoms with van der Waals surface area (Å²) in [5.41, 5.74) is 0.463. The summed E-state index contributed by atoms with van der Waals surface area (Å²) in [6, 6.07) is 6.36. The molecule has 0 radical (unpaired) electrons. The van der Waals surface area contributed by atoms with Crippen LogP contribution in [-0.2, 0) is 11.3 Å². The first kappa shape index (κ1) is 14.1. The first-order valence-corrected chi connectivity index (χ1v) is 7.67. The largest absolute Gasteiger partial charge is 0.416 e. The van der Waals surface area contributed by atoms with Crippen molar-refractivity contribution in [2.45, 2.75) is 30.5 Å². The molecule has 1 N–H and O–H groups in total. The maximum Gasteiger partial charge on any atom is 0.277 e. The first-order chi connectivity index (χ1) is 10.2. The van der Waals surface area contributed by atoms with Crippen molar-refractivity contribution in [3.63, 3.8) is 0 Å². The number of amides is 1. The summed E-state index contributed by atoms with van der Waals surface area (Å²) in [6.45, 7) is 0.170. The van der Waals surface area contributed by atoms with Gasteiger partial charge < -0.3 is 9.73 Å². The van der Waals surface area contributed by atoms with Crippen LogP contribution >= 0.6 is 11.8 Å². The molecule has 0 saturated heterocycles. The Hall–Kier alpha value is -1.89. The predicted octanol–water partition coefficient (Wildman–Crippen LogP) is 2.49. The summed E-state index contributed by atoms with van der Waals surface area (Å²) in [7, 11) is 0. The standard InChI is InChI=1S/C14H14FN3O2S/c15-11-4-2-1-3-10(11)7-16-12(19)8-21-14-18-17-13(20-14)9-5-6-9/h1-4,9H,5-8H2,(H,16,19). The molecule has 1 aliphatic rings. The number of halogens is 1. The van der Waals surface area contributed by atoms with Gasteiger partial charge in [0.15, 0.2) is 0 Å². The lowest BCUT2D eigenvalue weighted by Crippen LogP contribution is -2.25. The molecular weight excluding hydrogens is 293 g/mol. The average Bonchev–Trinajstić information content (AvgIpc) is 3.23. The molecule has 0 unspecified atom stereocenters. The van der Waals surface area contributed by atoms with Crippen LogP contribution in [0.3, 0.4) is 0 Å². The lowest BCUT2D eigenvalue weighted by Gasteiger charge is -2.05. The Balaban J connectivity index is 1.44. The second-order valence-corrected chi connectivity index (χ2v) is 5.76. The molecule has 110 valence electrons. The highest BCUT2D eigenvalue weighted by atomic mass is 32.2. The van der Waals surface area contributed by atoms with Gasteiger partial charge in [-0.25, -0.2) is 4.39 Å². The van der Waals surface area contributed by atoms with Crippen LogP contribution < -0.4 is 5.32 Å². The SMILES string of the molecule is O=C(CSc1nnc(C2CC2)o1)NCc1ccccc1F. The van der Waals surface area contributed by atoms with E-state index in [1.807, 2.05) is 0 Å². The van der Waals surface area contributed by atoms with Gasteiger partial charge in [-0.1, -0.05) is 30.0 Å².